The third-order valence-corrected chi connectivity index (χ3v) is 2.25. The number of nitrogens with zero attached hydrogens (tertiary/aromatic N) is 2. The van der Waals surface area contributed by atoms with Gasteiger partial charge in [0, 0.05) is 0 Å². The second kappa shape index (κ2) is 2.54. The van der Waals surface area contributed by atoms with Crippen LogP contribution in [0.4, 0.5) is 0 Å². The Morgan fingerprint density at radius 2 is 2.55 bits per heavy atom. The Kier molecular flexibility index (Phi) is 1.54. The largest absolute Gasteiger partial charge is 0.475 e. The molecule has 0 aromatic carbocycles. The van der Waals surface area contributed by atoms with Gasteiger partial charge in [-0.2, -0.15) is 5.26 Å². The van der Waals surface area contributed by atoms with E-state index in [1.54, 1.807) is 0 Å². The molecule has 1 aliphatic carbocycles. The van der Waals surface area contributed by atoms with Crippen LogP contribution in [0.3, 0.4) is 0 Å². The fourth-order valence-electron chi connectivity index (χ4n) is 1.74. The van der Waals surface area contributed by atoms with E-state index in [1.807, 2.05) is 6.07 Å². The van der Waals surface area contributed by atoms with Crippen LogP contribution in [-0.4, -0.2) is 18.0 Å². The molecular formula is C8H10N2O. The SMILES string of the molecule is N#CCC1=N[C@H]2CCC[C@H]2O1. The molecule has 58 valence electrons. The zero-order valence-corrected chi connectivity index (χ0v) is 6.29. The molecular weight excluding hydrogens is 140 g/mol. The maximum absolute atomic E-state index is 8.38. The summed E-state index contributed by atoms with van der Waals surface area (Å²) in [6.45, 7) is 0. The summed E-state index contributed by atoms with van der Waals surface area (Å²) in [4.78, 5) is 4.31. The molecule has 1 aliphatic heterocycles. The quantitative estimate of drug-likeness (QED) is 0.564. The van der Waals surface area contributed by atoms with E-state index < -0.39 is 0 Å². The molecule has 0 aromatic heterocycles. The van der Waals surface area contributed by atoms with E-state index in [9.17, 15) is 0 Å². The van der Waals surface area contributed by atoms with Gasteiger partial charge in [-0.15, -0.1) is 0 Å². The number of rotatable bonds is 1. The van der Waals surface area contributed by atoms with Crippen molar-refractivity contribution < 1.29 is 4.74 Å². The molecule has 1 heterocycles. The minimum atomic E-state index is 0.304. The zero-order valence-electron chi connectivity index (χ0n) is 6.29. The van der Waals surface area contributed by atoms with E-state index in [-0.39, 0.29) is 0 Å². The molecule has 0 bridgehead atoms. The van der Waals surface area contributed by atoms with Gasteiger partial charge in [-0.05, 0) is 19.3 Å². The van der Waals surface area contributed by atoms with Gasteiger partial charge in [0.15, 0.2) is 5.90 Å². The smallest absolute Gasteiger partial charge is 0.198 e. The number of ether oxygens (including phenoxy) is 1. The van der Waals surface area contributed by atoms with Crippen LogP contribution in [0.1, 0.15) is 25.7 Å². The third kappa shape index (κ3) is 1.09. The van der Waals surface area contributed by atoms with Crippen LogP contribution in [0.2, 0.25) is 0 Å². The lowest BCUT2D eigenvalue weighted by Gasteiger charge is -2.05. The van der Waals surface area contributed by atoms with Crippen LogP contribution >= 0.6 is 0 Å². The van der Waals surface area contributed by atoms with E-state index >= 15 is 0 Å². The molecule has 0 amide bonds. The van der Waals surface area contributed by atoms with Crippen molar-refractivity contribution in [3.8, 4) is 6.07 Å². The molecule has 0 saturated heterocycles. The first-order chi connectivity index (χ1) is 5.40. The van der Waals surface area contributed by atoms with Crippen molar-refractivity contribution in [2.45, 2.75) is 37.8 Å². The van der Waals surface area contributed by atoms with Crippen molar-refractivity contribution in [1.29, 1.82) is 5.26 Å². The Bertz CT molecular complexity index is 229. The van der Waals surface area contributed by atoms with Crippen LogP contribution in [0.5, 0.6) is 0 Å². The second-order valence-electron chi connectivity index (χ2n) is 3.01. The highest BCUT2D eigenvalue weighted by Gasteiger charge is 2.34. The lowest BCUT2D eigenvalue weighted by atomic mass is 10.2. The highest BCUT2D eigenvalue weighted by molar-refractivity contribution is 5.80. The summed E-state index contributed by atoms with van der Waals surface area (Å²) in [6, 6.07) is 2.42. The molecule has 2 atom stereocenters. The summed E-state index contributed by atoms with van der Waals surface area (Å²) >= 11 is 0. The molecule has 3 heteroatoms. The van der Waals surface area contributed by atoms with E-state index in [2.05, 4.69) is 4.99 Å². The van der Waals surface area contributed by atoms with Gasteiger partial charge in [0.25, 0.3) is 0 Å². The van der Waals surface area contributed by atoms with E-state index in [1.165, 1.54) is 6.42 Å². The maximum atomic E-state index is 8.38. The Hall–Kier alpha value is -1.04. The minimum absolute atomic E-state index is 0.304. The summed E-state index contributed by atoms with van der Waals surface area (Å²) in [5.74, 6) is 0.655. The first-order valence-corrected chi connectivity index (χ1v) is 4.00. The van der Waals surface area contributed by atoms with Crippen molar-refractivity contribution in [3.05, 3.63) is 0 Å². The van der Waals surface area contributed by atoms with Crippen molar-refractivity contribution >= 4 is 5.90 Å². The van der Waals surface area contributed by atoms with Gasteiger partial charge < -0.3 is 4.74 Å². The van der Waals surface area contributed by atoms with Crippen molar-refractivity contribution in [2.75, 3.05) is 0 Å². The predicted molar refractivity (Wildman–Crippen MR) is 40.2 cm³/mol. The minimum Gasteiger partial charge on any atom is -0.475 e. The molecule has 0 radical (unpaired) electrons. The lowest BCUT2D eigenvalue weighted by molar-refractivity contribution is 0.208. The highest BCUT2D eigenvalue weighted by atomic mass is 16.5. The molecule has 3 nitrogen and oxygen atoms in total. The van der Waals surface area contributed by atoms with Crippen LogP contribution < -0.4 is 0 Å². The van der Waals surface area contributed by atoms with Crippen LogP contribution in [0, 0.1) is 11.3 Å². The summed E-state index contributed by atoms with van der Waals surface area (Å²) in [5.41, 5.74) is 0. The van der Waals surface area contributed by atoms with Crippen molar-refractivity contribution in [2.24, 2.45) is 4.99 Å². The fourth-order valence-corrected chi connectivity index (χ4v) is 1.74. The molecule has 1 saturated carbocycles. The summed E-state index contributed by atoms with van der Waals surface area (Å²) in [5, 5.41) is 8.38. The number of fused-ring (bicyclic) bond motifs is 1. The third-order valence-electron chi connectivity index (χ3n) is 2.25. The van der Waals surface area contributed by atoms with Crippen molar-refractivity contribution in [1.82, 2.24) is 0 Å². The van der Waals surface area contributed by atoms with Crippen molar-refractivity contribution in [3.63, 3.8) is 0 Å². The Labute approximate surface area is 65.7 Å². The molecule has 2 rings (SSSR count). The Balaban J connectivity index is 2.02. The van der Waals surface area contributed by atoms with E-state index in [0.717, 1.165) is 12.8 Å². The first kappa shape index (κ1) is 6.66. The molecule has 11 heavy (non-hydrogen) atoms. The standard InChI is InChI=1S/C8H10N2O/c9-5-4-8-10-6-2-1-3-7(6)11-8/h6-7H,1-4H2/t6-,7+/m0/s1. The average Bonchev–Trinajstić information content (AvgIpc) is 2.46. The Morgan fingerprint density at radius 3 is 3.27 bits per heavy atom. The van der Waals surface area contributed by atoms with Gasteiger partial charge in [-0.3, -0.25) is 0 Å². The van der Waals surface area contributed by atoms with Gasteiger partial charge in [0.1, 0.15) is 12.5 Å². The lowest BCUT2D eigenvalue weighted by Crippen LogP contribution is -2.14. The number of hydrogen-bond acceptors (Lipinski definition) is 3. The van der Waals surface area contributed by atoms with Gasteiger partial charge >= 0.3 is 0 Å². The predicted octanol–water partition coefficient (Wildman–Crippen LogP) is 1.25. The fraction of sp³-hybridized carbons (Fsp3) is 0.750. The van der Waals surface area contributed by atoms with E-state index in [0.29, 0.717) is 24.5 Å². The summed E-state index contributed by atoms with van der Waals surface area (Å²) in [7, 11) is 0. The molecule has 0 unspecified atom stereocenters. The van der Waals surface area contributed by atoms with Crippen LogP contribution in [-0.2, 0) is 4.74 Å². The molecule has 0 spiro atoms. The monoisotopic (exact) mass is 150 g/mol. The zero-order chi connectivity index (χ0) is 7.68. The number of nitriles is 1. The van der Waals surface area contributed by atoms with E-state index in [4.69, 9.17) is 10.00 Å². The highest BCUT2D eigenvalue weighted by Crippen LogP contribution is 2.29. The Morgan fingerprint density at radius 1 is 1.64 bits per heavy atom. The molecule has 2 aliphatic rings. The molecule has 0 aromatic rings. The maximum Gasteiger partial charge on any atom is 0.198 e. The van der Waals surface area contributed by atoms with Crippen LogP contribution in [0.25, 0.3) is 0 Å². The van der Waals surface area contributed by atoms with Gasteiger partial charge in [-0.1, -0.05) is 0 Å². The number of aliphatic imine (C=N–C) groups is 1. The second-order valence-corrected chi connectivity index (χ2v) is 3.01. The van der Waals surface area contributed by atoms with Gasteiger partial charge in [-0.25, -0.2) is 4.99 Å². The van der Waals surface area contributed by atoms with Crippen LogP contribution in [0.15, 0.2) is 4.99 Å². The molecule has 0 N–H and O–H groups in total. The topological polar surface area (TPSA) is 45.4 Å². The summed E-state index contributed by atoms with van der Waals surface area (Å²) < 4.78 is 5.45. The molecule has 1 fully saturated rings. The summed E-state index contributed by atoms with van der Waals surface area (Å²) in [6.07, 6.45) is 4.12. The van der Waals surface area contributed by atoms with Gasteiger partial charge in [0.2, 0.25) is 0 Å². The number of hydrogen-bond donors (Lipinski definition) is 0. The van der Waals surface area contributed by atoms with Gasteiger partial charge in [0.05, 0.1) is 12.1 Å². The average molecular weight is 150 g/mol. The first-order valence-electron chi connectivity index (χ1n) is 4.00. The normalized spacial score (nSPS) is 33.9.